The summed E-state index contributed by atoms with van der Waals surface area (Å²) in [4.78, 5) is 22.5. The molecule has 1 atom stereocenters. The van der Waals surface area contributed by atoms with Gasteiger partial charge in [-0.15, -0.1) is 0 Å². The number of piperazine rings is 1. The van der Waals surface area contributed by atoms with E-state index in [1.54, 1.807) is 13.0 Å². The summed E-state index contributed by atoms with van der Waals surface area (Å²) in [6, 6.07) is 4.48. The van der Waals surface area contributed by atoms with Gasteiger partial charge in [-0.2, -0.15) is 8.78 Å². The van der Waals surface area contributed by atoms with Gasteiger partial charge in [0, 0.05) is 56.2 Å². The number of amides is 1. The lowest BCUT2D eigenvalue weighted by molar-refractivity contribution is -0.0697. The maximum absolute atomic E-state index is 14.8. The second kappa shape index (κ2) is 10.8. The third kappa shape index (κ3) is 5.72. The zero-order chi connectivity index (χ0) is 24.0. The minimum Gasteiger partial charge on any atom is -0.441 e. The Balaban J connectivity index is 0.000000968. The molecule has 0 saturated carbocycles. The van der Waals surface area contributed by atoms with Crippen molar-refractivity contribution in [2.75, 3.05) is 56.8 Å². The maximum Gasteiger partial charge on any atom is 0.413 e. The molecule has 4 rings (SSSR count). The van der Waals surface area contributed by atoms with Crippen molar-refractivity contribution in [3.05, 3.63) is 35.5 Å². The highest BCUT2D eigenvalue weighted by molar-refractivity contribution is 5.89. The van der Waals surface area contributed by atoms with E-state index in [4.69, 9.17) is 14.5 Å². The molecule has 2 aliphatic rings. The number of anilines is 2. The van der Waals surface area contributed by atoms with Crippen molar-refractivity contribution >= 4 is 17.7 Å². The van der Waals surface area contributed by atoms with Crippen LogP contribution in [0.25, 0.3) is 11.3 Å². The van der Waals surface area contributed by atoms with E-state index in [9.17, 15) is 18.0 Å². The van der Waals surface area contributed by atoms with E-state index < -0.39 is 24.7 Å². The summed E-state index contributed by atoms with van der Waals surface area (Å²) >= 11 is 0. The first-order valence-corrected chi connectivity index (χ1v) is 10.7. The van der Waals surface area contributed by atoms with Crippen LogP contribution < -0.4 is 15.5 Å². The zero-order valence-electron chi connectivity index (χ0n) is 18.8. The fourth-order valence-corrected chi connectivity index (χ4v) is 3.74. The van der Waals surface area contributed by atoms with Gasteiger partial charge in [0.1, 0.15) is 24.3 Å². The molecule has 0 aliphatic carbocycles. The van der Waals surface area contributed by atoms with Gasteiger partial charge >= 0.3 is 6.09 Å². The number of halogens is 3. The average Bonchev–Trinajstić information content (AvgIpc) is 2.79. The lowest BCUT2D eigenvalue weighted by Crippen LogP contribution is -2.44. The van der Waals surface area contributed by atoms with Gasteiger partial charge in [0.2, 0.25) is 0 Å². The summed E-state index contributed by atoms with van der Waals surface area (Å²) in [5, 5.41) is 5.80. The number of nitrogens with zero attached hydrogens (tertiary/aromatic N) is 3. The molecule has 1 saturated heterocycles. The minimum atomic E-state index is -3.18. The van der Waals surface area contributed by atoms with Crippen LogP contribution in [0.3, 0.4) is 0 Å². The molecular formula is C22H28F3N5O3. The van der Waals surface area contributed by atoms with Crippen molar-refractivity contribution in [2.45, 2.75) is 25.9 Å². The number of hydrogen-bond donors (Lipinski definition) is 2. The number of alkyl halides is 3. The molecule has 1 fully saturated rings. The van der Waals surface area contributed by atoms with E-state index in [2.05, 4.69) is 15.6 Å². The average molecular weight is 467 g/mol. The molecule has 0 aromatic carbocycles. The van der Waals surface area contributed by atoms with Gasteiger partial charge in [0.15, 0.2) is 0 Å². The number of aromatic nitrogens is 2. The van der Waals surface area contributed by atoms with Crippen LogP contribution in [-0.2, 0) is 15.4 Å². The summed E-state index contributed by atoms with van der Waals surface area (Å²) in [5.41, 5.74) is 1.37. The Labute approximate surface area is 190 Å². The van der Waals surface area contributed by atoms with Crippen LogP contribution in [0, 0.1) is 0 Å². The van der Waals surface area contributed by atoms with E-state index >= 15 is 0 Å². The molecule has 1 unspecified atom stereocenters. The lowest BCUT2D eigenvalue weighted by Gasteiger charge is -2.30. The predicted molar refractivity (Wildman–Crippen MR) is 118 cm³/mol. The van der Waals surface area contributed by atoms with E-state index in [1.807, 2.05) is 4.90 Å². The molecule has 180 valence electrons. The second-order valence-electron chi connectivity index (χ2n) is 7.53. The first-order chi connectivity index (χ1) is 15.8. The van der Waals surface area contributed by atoms with Gasteiger partial charge in [-0.25, -0.2) is 14.8 Å². The first kappa shape index (κ1) is 24.7. The molecule has 8 nitrogen and oxygen atoms in total. The highest BCUT2D eigenvalue weighted by atomic mass is 19.3. The smallest absolute Gasteiger partial charge is 0.413 e. The monoisotopic (exact) mass is 467 g/mol. The van der Waals surface area contributed by atoms with Crippen LogP contribution >= 0.6 is 0 Å². The van der Waals surface area contributed by atoms with E-state index in [0.717, 1.165) is 13.1 Å². The molecule has 0 spiro atoms. The number of rotatable bonds is 5. The SMILES string of the molecule is CCF.COCC(F)(F)c1cc(-c2ccnc3c2C(C)OC(=O)N3)nc(N2CCNCC2)c1. The zero-order valence-corrected chi connectivity index (χ0v) is 18.8. The molecule has 4 heterocycles. The molecule has 2 aromatic rings. The molecular weight excluding hydrogens is 439 g/mol. The third-order valence-corrected chi connectivity index (χ3v) is 5.18. The summed E-state index contributed by atoms with van der Waals surface area (Å²) in [6.45, 7) is 5.00. The second-order valence-corrected chi connectivity index (χ2v) is 7.53. The largest absolute Gasteiger partial charge is 0.441 e. The molecule has 1 amide bonds. The first-order valence-electron chi connectivity index (χ1n) is 10.7. The number of ether oxygens (including phenoxy) is 2. The van der Waals surface area contributed by atoms with Gasteiger partial charge in [-0.1, -0.05) is 0 Å². The summed E-state index contributed by atoms with van der Waals surface area (Å²) in [6.07, 6.45) is 0.318. The van der Waals surface area contributed by atoms with Gasteiger partial charge in [0.25, 0.3) is 5.92 Å². The molecule has 2 aromatic heterocycles. The lowest BCUT2D eigenvalue weighted by atomic mass is 9.98. The third-order valence-electron chi connectivity index (χ3n) is 5.18. The van der Waals surface area contributed by atoms with Crippen molar-refractivity contribution in [1.82, 2.24) is 15.3 Å². The summed E-state index contributed by atoms with van der Waals surface area (Å²) in [7, 11) is 1.24. The molecule has 11 heteroatoms. The molecule has 2 N–H and O–H groups in total. The topological polar surface area (TPSA) is 88.6 Å². The Hall–Kier alpha value is -2.92. The quantitative estimate of drug-likeness (QED) is 0.690. The Bertz CT molecular complexity index is 970. The Morgan fingerprint density at radius 2 is 2.00 bits per heavy atom. The van der Waals surface area contributed by atoms with Crippen LogP contribution in [0.5, 0.6) is 0 Å². The highest BCUT2D eigenvalue weighted by Gasteiger charge is 2.34. The number of carbonyl (C=O) groups excluding carboxylic acids is 1. The van der Waals surface area contributed by atoms with E-state index in [1.165, 1.54) is 32.4 Å². The Kier molecular flexibility index (Phi) is 8.09. The van der Waals surface area contributed by atoms with Crippen molar-refractivity contribution in [1.29, 1.82) is 0 Å². The molecule has 0 radical (unpaired) electrons. The number of carbonyl (C=O) groups is 1. The Morgan fingerprint density at radius 1 is 1.30 bits per heavy atom. The fraction of sp³-hybridized carbons (Fsp3) is 0.500. The highest BCUT2D eigenvalue weighted by Crippen LogP contribution is 2.39. The van der Waals surface area contributed by atoms with Crippen molar-refractivity contribution in [3.63, 3.8) is 0 Å². The minimum absolute atomic E-state index is 0.179. The number of nitrogens with one attached hydrogen (secondary N) is 2. The van der Waals surface area contributed by atoms with Gasteiger partial charge in [0.05, 0.1) is 12.4 Å². The molecule has 33 heavy (non-hydrogen) atoms. The fourth-order valence-electron chi connectivity index (χ4n) is 3.74. The summed E-state index contributed by atoms with van der Waals surface area (Å²) < 4.78 is 49.9. The normalized spacial score (nSPS) is 17.9. The van der Waals surface area contributed by atoms with Gasteiger partial charge in [-0.3, -0.25) is 9.71 Å². The van der Waals surface area contributed by atoms with Crippen LogP contribution in [0.15, 0.2) is 24.4 Å². The predicted octanol–water partition coefficient (Wildman–Crippen LogP) is 3.89. The van der Waals surface area contributed by atoms with Crippen LogP contribution in [-0.4, -0.2) is 62.6 Å². The van der Waals surface area contributed by atoms with Crippen LogP contribution in [0.2, 0.25) is 0 Å². The number of hydrogen-bond acceptors (Lipinski definition) is 7. The maximum atomic E-state index is 14.8. The molecule has 0 bridgehead atoms. The summed E-state index contributed by atoms with van der Waals surface area (Å²) in [5.74, 6) is -2.37. The van der Waals surface area contributed by atoms with Crippen LogP contribution in [0.1, 0.15) is 31.1 Å². The van der Waals surface area contributed by atoms with Crippen molar-refractivity contribution in [3.8, 4) is 11.3 Å². The number of fused-ring (bicyclic) bond motifs is 1. The van der Waals surface area contributed by atoms with Gasteiger partial charge < -0.3 is 19.7 Å². The van der Waals surface area contributed by atoms with Crippen molar-refractivity contribution in [2.24, 2.45) is 0 Å². The van der Waals surface area contributed by atoms with E-state index in [-0.39, 0.29) is 12.2 Å². The van der Waals surface area contributed by atoms with Crippen molar-refractivity contribution < 1.29 is 27.4 Å². The Morgan fingerprint density at radius 3 is 2.67 bits per heavy atom. The number of pyridine rings is 2. The number of cyclic esters (lactones) is 1. The van der Waals surface area contributed by atoms with E-state index in [0.29, 0.717) is 41.5 Å². The van der Waals surface area contributed by atoms with Gasteiger partial charge in [-0.05, 0) is 32.0 Å². The molecule has 2 aliphatic heterocycles. The van der Waals surface area contributed by atoms with Crippen LogP contribution in [0.4, 0.5) is 29.6 Å². The number of methoxy groups -OCH3 is 1. The standard InChI is InChI=1S/C20H23F2N5O3.C2H5F/c1-12-17-14(3-4-24-18(17)26-19(28)30-12)15-9-13(20(21,22)11-29-2)10-16(25-15)27-7-5-23-6-8-27;1-2-3/h3-4,9-10,12,23H,5-8,11H2,1-2H3,(H,24,26,28);2H2,1H3.